The van der Waals surface area contributed by atoms with Crippen LogP contribution in [-0.2, 0) is 16.4 Å². The van der Waals surface area contributed by atoms with Crippen LogP contribution in [0.5, 0.6) is 0 Å². The Labute approximate surface area is 185 Å². The molecule has 0 saturated carbocycles. The number of nitrogens with zero attached hydrogens (tertiary/aromatic N) is 2. The molecule has 1 unspecified atom stereocenters. The molecule has 2 aromatic carbocycles. The van der Waals surface area contributed by atoms with Crippen LogP contribution in [0.2, 0.25) is 0 Å². The van der Waals surface area contributed by atoms with Gasteiger partial charge in [0, 0.05) is 37.9 Å². The summed E-state index contributed by atoms with van der Waals surface area (Å²) < 4.78 is 52.4. The van der Waals surface area contributed by atoms with E-state index in [0.29, 0.717) is 42.7 Å². The summed E-state index contributed by atoms with van der Waals surface area (Å²) in [5.41, 5.74) is 0.512. The summed E-state index contributed by atoms with van der Waals surface area (Å²) in [5.74, 6) is -0.837. The van der Waals surface area contributed by atoms with Crippen LogP contribution in [0.25, 0.3) is 0 Å². The summed E-state index contributed by atoms with van der Waals surface area (Å²) in [5, 5.41) is 14.0. The SMILES string of the molecule is CS(=O)(=O)c1cc(CNC(=O)N2CCC3(CC2)CC(O)c2ccccc2N3F)ccc1F. The van der Waals surface area contributed by atoms with E-state index >= 15 is 4.48 Å². The lowest BCUT2D eigenvalue weighted by molar-refractivity contribution is 0.0567. The van der Waals surface area contributed by atoms with Gasteiger partial charge < -0.3 is 15.3 Å². The molecule has 2 heterocycles. The molecule has 0 radical (unpaired) electrons. The molecule has 2 amide bonds. The maximum Gasteiger partial charge on any atom is 0.317 e. The van der Waals surface area contributed by atoms with Crippen molar-refractivity contribution in [2.24, 2.45) is 0 Å². The predicted octanol–water partition coefficient (Wildman–Crippen LogP) is 3.10. The summed E-state index contributed by atoms with van der Waals surface area (Å²) in [7, 11) is -3.72. The summed E-state index contributed by atoms with van der Waals surface area (Å²) in [6, 6.07) is 10.2. The average Bonchev–Trinajstić information content (AvgIpc) is 2.76. The van der Waals surface area contributed by atoms with Crippen LogP contribution in [0.15, 0.2) is 47.4 Å². The molecule has 0 aliphatic carbocycles. The molecule has 0 aromatic heterocycles. The molecule has 7 nitrogen and oxygen atoms in total. The van der Waals surface area contributed by atoms with E-state index in [1.807, 2.05) is 0 Å². The van der Waals surface area contributed by atoms with Crippen molar-refractivity contribution in [1.29, 1.82) is 0 Å². The van der Waals surface area contributed by atoms with E-state index in [0.717, 1.165) is 17.4 Å². The summed E-state index contributed by atoms with van der Waals surface area (Å²) in [4.78, 5) is 13.8. The second-order valence-corrected chi connectivity index (χ2v) is 10.5. The number of aliphatic hydroxyl groups excluding tert-OH is 1. The van der Waals surface area contributed by atoms with Crippen LogP contribution < -0.4 is 10.4 Å². The van der Waals surface area contributed by atoms with Gasteiger partial charge in [0.1, 0.15) is 10.7 Å². The number of aliphatic hydroxyl groups is 1. The predicted molar refractivity (Wildman–Crippen MR) is 115 cm³/mol. The molecule has 172 valence electrons. The molecule has 2 N–H and O–H groups in total. The number of carbonyl (C=O) groups excluding carboxylic acids is 1. The van der Waals surface area contributed by atoms with Crippen LogP contribution in [0.3, 0.4) is 0 Å². The molecular weight excluding hydrogens is 440 g/mol. The van der Waals surface area contributed by atoms with Gasteiger partial charge in [-0.1, -0.05) is 28.7 Å². The molecule has 1 fully saturated rings. The minimum Gasteiger partial charge on any atom is -0.388 e. The van der Waals surface area contributed by atoms with Crippen LogP contribution in [0, 0.1) is 5.82 Å². The van der Waals surface area contributed by atoms with Gasteiger partial charge in [-0.25, -0.2) is 22.7 Å². The molecule has 1 saturated heterocycles. The van der Waals surface area contributed by atoms with Gasteiger partial charge in [0.25, 0.3) is 0 Å². The van der Waals surface area contributed by atoms with E-state index in [1.54, 1.807) is 29.2 Å². The quantitative estimate of drug-likeness (QED) is 0.680. The second kappa shape index (κ2) is 8.32. The molecular formula is C22H25F2N3O4S. The fourth-order valence-corrected chi connectivity index (χ4v) is 5.30. The van der Waals surface area contributed by atoms with Crippen molar-refractivity contribution < 1.29 is 27.2 Å². The number of piperidine rings is 1. The van der Waals surface area contributed by atoms with Gasteiger partial charge in [0.05, 0.1) is 17.3 Å². The van der Waals surface area contributed by atoms with Crippen molar-refractivity contribution in [3.63, 3.8) is 0 Å². The van der Waals surface area contributed by atoms with Gasteiger partial charge >= 0.3 is 6.03 Å². The van der Waals surface area contributed by atoms with Crippen molar-refractivity contribution in [2.75, 3.05) is 24.5 Å². The third kappa shape index (κ3) is 4.16. The standard InChI is InChI=1S/C22H25F2N3O4S/c1-32(30,31)20-12-15(6-7-17(20)23)14-25-21(29)26-10-8-22(9-11-26)13-19(28)16-4-2-3-5-18(16)27(22)24/h2-7,12,19,28H,8-11,13-14H2,1H3,(H,25,29). The van der Waals surface area contributed by atoms with Gasteiger partial charge in [0.15, 0.2) is 9.84 Å². The van der Waals surface area contributed by atoms with Gasteiger partial charge in [0.2, 0.25) is 0 Å². The van der Waals surface area contributed by atoms with E-state index in [4.69, 9.17) is 0 Å². The number of sulfone groups is 1. The number of para-hydroxylation sites is 1. The third-order valence-corrected chi connectivity index (χ3v) is 7.43. The topological polar surface area (TPSA) is 90.0 Å². The minimum absolute atomic E-state index is 0.0323. The molecule has 2 aliphatic rings. The summed E-state index contributed by atoms with van der Waals surface area (Å²) in [6.45, 7) is 0.642. The number of hydrogen-bond acceptors (Lipinski definition) is 5. The zero-order valence-corrected chi connectivity index (χ0v) is 18.4. The normalized spacial score (nSPS) is 20.2. The van der Waals surface area contributed by atoms with Gasteiger partial charge in [-0.05, 0) is 36.6 Å². The van der Waals surface area contributed by atoms with Crippen LogP contribution in [0.4, 0.5) is 19.4 Å². The zero-order valence-electron chi connectivity index (χ0n) is 17.6. The van der Waals surface area contributed by atoms with Gasteiger partial charge in [-0.2, -0.15) is 0 Å². The van der Waals surface area contributed by atoms with Crippen LogP contribution >= 0.6 is 0 Å². The van der Waals surface area contributed by atoms with Crippen molar-refractivity contribution in [3.8, 4) is 0 Å². The number of halogens is 2. The summed E-state index contributed by atoms with van der Waals surface area (Å²) in [6.07, 6.45) is 1.13. The number of benzene rings is 2. The van der Waals surface area contributed by atoms with Crippen LogP contribution in [0.1, 0.15) is 36.5 Å². The Balaban J connectivity index is 1.39. The lowest BCUT2D eigenvalue weighted by Gasteiger charge is -2.49. The number of fused-ring (bicyclic) bond motifs is 1. The van der Waals surface area contributed by atoms with Crippen molar-refractivity contribution >= 4 is 21.6 Å². The highest BCUT2D eigenvalue weighted by atomic mass is 32.2. The van der Waals surface area contributed by atoms with Gasteiger partial charge in [-0.3, -0.25) is 0 Å². The first-order valence-corrected chi connectivity index (χ1v) is 12.2. The second-order valence-electron chi connectivity index (χ2n) is 8.47. The lowest BCUT2D eigenvalue weighted by Crippen LogP contribution is -2.57. The Morgan fingerprint density at radius 1 is 1.22 bits per heavy atom. The molecule has 1 atom stereocenters. The molecule has 32 heavy (non-hydrogen) atoms. The number of amides is 2. The fourth-order valence-electron chi connectivity index (χ4n) is 4.51. The molecule has 1 spiro atoms. The molecule has 10 heteroatoms. The Morgan fingerprint density at radius 2 is 1.91 bits per heavy atom. The molecule has 4 rings (SSSR count). The highest BCUT2D eigenvalue weighted by Crippen LogP contribution is 2.47. The number of likely N-dealkylation sites (tertiary alicyclic amines) is 1. The highest BCUT2D eigenvalue weighted by Gasteiger charge is 2.47. The number of hydrogen-bond donors (Lipinski definition) is 2. The Bertz CT molecular complexity index is 1130. The largest absolute Gasteiger partial charge is 0.388 e. The number of urea groups is 1. The van der Waals surface area contributed by atoms with E-state index in [9.17, 15) is 22.7 Å². The van der Waals surface area contributed by atoms with Crippen molar-refractivity contribution in [2.45, 2.75) is 42.3 Å². The fraction of sp³-hybridized carbons (Fsp3) is 0.409. The number of anilines is 1. The van der Waals surface area contributed by atoms with E-state index < -0.39 is 32.2 Å². The third-order valence-electron chi connectivity index (χ3n) is 6.32. The maximum absolute atomic E-state index is 15.3. The van der Waals surface area contributed by atoms with Crippen molar-refractivity contribution in [3.05, 3.63) is 59.4 Å². The molecule has 0 bridgehead atoms. The monoisotopic (exact) mass is 465 g/mol. The lowest BCUT2D eigenvalue weighted by atomic mass is 9.77. The number of carbonyl (C=O) groups is 1. The van der Waals surface area contributed by atoms with Crippen LogP contribution in [-0.4, -0.2) is 49.3 Å². The zero-order chi connectivity index (χ0) is 23.1. The Morgan fingerprint density at radius 3 is 2.59 bits per heavy atom. The first-order chi connectivity index (χ1) is 15.1. The van der Waals surface area contributed by atoms with E-state index in [2.05, 4.69) is 5.32 Å². The highest BCUT2D eigenvalue weighted by molar-refractivity contribution is 7.90. The Kier molecular flexibility index (Phi) is 5.85. The average molecular weight is 466 g/mol. The smallest absolute Gasteiger partial charge is 0.317 e. The Hall–Kier alpha value is -2.72. The van der Waals surface area contributed by atoms with E-state index in [1.165, 1.54) is 12.1 Å². The maximum atomic E-state index is 15.3. The summed E-state index contributed by atoms with van der Waals surface area (Å²) >= 11 is 0. The first kappa shape index (κ1) is 22.5. The van der Waals surface area contributed by atoms with E-state index in [-0.39, 0.29) is 19.0 Å². The minimum atomic E-state index is -3.72. The molecule has 2 aromatic rings. The first-order valence-electron chi connectivity index (χ1n) is 10.3. The number of rotatable bonds is 3. The number of nitrogens with one attached hydrogen (secondary N) is 1. The molecule has 2 aliphatic heterocycles. The van der Waals surface area contributed by atoms with Gasteiger partial charge in [-0.15, -0.1) is 0 Å². The van der Waals surface area contributed by atoms with Crippen molar-refractivity contribution in [1.82, 2.24) is 10.2 Å².